The highest BCUT2D eigenvalue weighted by atomic mass is 16.5. The second-order valence-electron chi connectivity index (χ2n) is 4.68. The molecule has 0 saturated carbocycles. The number of carbonyl (C=O) groups is 1. The number of carboxylic acids is 1. The van der Waals surface area contributed by atoms with Crippen molar-refractivity contribution in [1.82, 2.24) is 9.38 Å². The van der Waals surface area contributed by atoms with Crippen molar-refractivity contribution in [1.29, 1.82) is 0 Å². The molecule has 2 aromatic heterocycles. The molecular formula is C16H14N2O4. The minimum Gasteiger partial charge on any atom is -0.497 e. The minimum absolute atomic E-state index is 0.197. The van der Waals surface area contributed by atoms with Gasteiger partial charge < -0.3 is 19.0 Å². The van der Waals surface area contributed by atoms with Gasteiger partial charge >= 0.3 is 5.97 Å². The van der Waals surface area contributed by atoms with E-state index in [0.717, 1.165) is 5.56 Å². The Hall–Kier alpha value is -3.02. The fraction of sp³-hybridized carbons (Fsp3) is 0.125. The van der Waals surface area contributed by atoms with Crippen molar-refractivity contribution in [2.45, 2.75) is 0 Å². The minimum atomic E-state index is -0.981. The van der Waals surface area contributed by atoms with E-state index in [9.17, 15) is 4.79 Å². The summed E-state index contributed by atoms with van der Waals surface area (Å²) in [6, 6.07) is 8.50. The predicted octanol–water partition coefficient (Wildman–Crippen LogP) is 2.72. The first-order valence-corrected chi connectivity index (χ1v) is 6.57. The lowest BCUT2D eigenvalue weighted by atomic mass is 10.1. The average molecular weight is 298 g/mol. The summed E-state index contributed by atoms with van der Waals surface area (Å²) in [6.07, 6.45) is 3.49. The molecule has 0 aliphatic rings. The lowest BCUT2D eigenvalue weighted by Crippen LogP contribution is -1.96. The summed E-state index contributed by atoms with van der Waals surface area (Å²) in [5.74, 6) is 0.382. The number of pyridine rings is 1. The van der Waals surface area contributed by atoms with Crippen LogP contribution in [0.5, 0.6) is 11.5 Å². The second-order valence-corrected chi connectivity index (χ2v) is 4.68. The van der Waals surface area contributed by atoms with Crippen molar-refractivity contribution < 1.29 is 19.4 Å². The third-order valence-electron chi connectivity index (χ3n) is 3.39. The van der Waals surface area contributed by atoms with E-state index in [2.05, 4.69) is 4.98 Å². The Bertz CT molecular complexity index is 854. The Morgan fingerprint density at radius 2 is 2.00 bits per heavy atom. The zero-order chi connectivity index (χ0) is 15.7. The quantitative estimate of drug-likeness (QED) is 0.801. The molecule has 1 N–H and O–H groups in total. The maximum absolute atomic E-state index is 11.0. The van der Waals surface area contributed by atoms with Gasteiger partial charge in [-0.2, -0.15) is 0 Å². The molecule has 1 aromatic carbocycles. The standard InChI is InChI=1S/C16H14N2O4/c1-21-11-3-4-14(22-2)12(8-11)13-9-18-6-5-10(16(19)20)7-15(18)17-13/h3-9H,1-2H3,(H,19,20). The number of benzene rings is 1. The topological polar surface area (TPSA) is 73.1 Å². The van der Waals surface area contributed by atoms with Gasteiger partial charge in [0.1, 0.15) is 17.1 Å². The monoisotopic (exact) mass is 298 g/mol. The molecule has 6 nitrogen and oxygen atoms in total. The first-order valence-electron chi connectivity index (χ1n) is 6.57. The molecule has 0 unspecified atom stereocenters. The smallest absolute Gasteiger partial charge is 0.335 e. The summed E-state index contributed by atoms with van der Waals surface area (Å²) in [5.41, 5.74) is 2.21. The summed E-state index contributed by atoms with van der Waals surface area (Å²) >= 11 is 0. The molecule has 2 heterocycles. The Morgan fingerprint density at radius 1 is 1.18 bits per heavy atom. The Morgan fingerprint density at radius 3 is 2.68 bits per heavy atom. The van der Waals surface area contributed by atoms with Crippen molar-refractivity contribution in [2.75, 3.05) is 14.2 Å². The van der Waals surface area contributed by atoms with Gasteiger partial charge in [-0.25, -0.2) is 9.78 Å². The van der Waals surface area contributed by atoms with Crippen LogP contribution in [0.2, 0.25) is 0 Å². The highest BCUT2D eigenvalue weighted by Crippen LogP contribution is 2.32. The highest BCUT2D eigenvalue weighted by molar-refractivity contribution is 5.88. The van der Waals surface area contributed by atoms with Crippen LogP contribution < -0.4 is 9.47 Å². The average Bonchev–Trinajstić information content (AvgIpc) is 2.96. The number of carboxylic acid groups (broad SMARTS) is 1. The number of aromatic nitrogens is 2. The van der Waals surface area contributed by atoms with Crippen LogP contribution in [0.15, 0.2) is 42.7 Å². The number of hydrogen-bond acceptors (Lipinski definition) is 4. The third kappa shape index (κ3) is 2.35. The number of hydrogen-bond donors (Lipinski definition) is 1. The fourth-order valence-corrected chi connectivity index (χ4v) is 2.26. The molecule has 0 saturated heterocycles. The van der Waals surface area contributed by atoms with Crippen LogP contribution in [0.4, 0.5) is 0 Å². The molecule has 0 bridgehead atoms. The zero-order valence-corrected chi connectivity index (χ0v) is 12.1. The van der Waals surface area contributed by atoms with Crippen molar-refractivity contribution in [3.63, 3.8) is 0 Å². The molecule has 3 aromatic rings. The van der Waals surface area contributed by atoms with Gasteiger partial charge in [0.25, 0.3) is 0 Å². The van der Waals surface area contributed by atoms with Gasteiger partial charge in [0.2, 0.25) is 0 Å². The number of nitrogens with zero attached hydrogens (tertiary/aromatic N) is 2. The maximum atomic E-state index is 11.0. The van der Waals surface area contributed by atoms with Crippen LogP contribution in [0.25, 0.3) is 16.9 Å². The van der Waals surface area contributed by atoms with Crippen LogP contribution >= 0.6 is 0 Å². The number of aromatic carboxylic acids is 1. The van der Waals surface area contributed by atoms with Crippen molar-refractivity contribution in [3.8, 4) is 22.8 Å². The zero-order valence-electron chi connectivity index (χ0n) is 12.1. The van der Waals surface area contributed by atoms with Gasteiger partial charge in [0, 0.05) is 18.0 Å². The lowest BCUT2D eigenvalue weighted by molar-refractivity contribution is 0.0697. The predicted molar refractivity (Wildman–Crippen MR) is 80.7 cm³/mol. The first kappa shape index (κ1) is 13.9. The summed E-state index contributed by atoms with van der Waals surface area (Å²) in [4.78, 5) is 15.5. The van der Waals surface area contributed by atoms with Crippen molar-refractivity contribution >= 4 is 11.6 Å². The number of imidazole rings is 1. The van der Waals surface area contributed by atoms with Crippen LogP contribution in [-0.2, 0) is 0 Å². The van der Waals surface area contributed by atoms with Crippen LogP contribution in [-0.4, -0.2) is 34.7 Å². The number of rotatable bonds is 4. The summed E-state index contributed by atoms with van der Waals surface area (Å²) in [6.45, 7) is 0. The maximum Gasteiger partial charge on any atom is 0.335 e. The number of methoxy groups -OCH3 is 2. The fourth-order valence-electron chi connectivity index (χ4n) is 2.26. The van der Waals surface area contributed by atoms with Gasteiger partial charge in [0.15, 0.2) is 0 Å². The molecule has 3 rings (SSSR count). The Balaban J connectivity index is 2.15. The van der Waals surface area contributed by atoms with Crippen LogP contribution in [0, 0.1) is 0 Å². The third-order valence-corrected chi connectivity index (χ3v) is 3.39. The highest BCUT2D eigenvalue weighted by Gasteiger charge is 2.12. The second kappa shape index (κ2) is 5.40. The molecule has 0 atom stereocenters. The molecule has 0 aliphatic heterocycles. The van der Waals surface area contributed by atoms with E-state index >= 15 is 0 Å². The summed E-state index contributed by atoms with van der Waals surface area (Å²) < 4.78 is 12.4. The lowest BCUT2D eigenvalue weighted by Gasteiger charge is -2.08. The Labute approximate surface area is 126 Å². The molecule has 0 amide bonds. The van der Waals surface area contributed by atoms with E-state index in [1.54, 1.807) is 36.9 Å². The largest absolute Gasteiger partial charge is 0.497 e. The molecule has 112 valence electrons. The van der Waals surface area contributed by atoms with E-state index in [1.807, 2.05) is 12.3 Å². The molecule has 0 aliphatic carbocycles. The van der Waals surface area contributed by atoms with E-state index < -0.39 is 5.97 Å². The van der Waals surface area contributed by atoms with E-state index in [1.165, 1.54) is 12.1 Å². The number of ether oxygens (including phenoxy) is 2. The van der Waals surface area contributed by atoms with E-state index in [-0.39, 0.29) is 5.56 Å². The molecule has 22 heavy (non-hydrogen) atoms. The molecule has 6 heteroatoms. The van der Waals surface area contributed by atoms with E-state index in [4.69, 9.17) is 14.6 Å². The summed E-state index contributed by atoms with van der Waals surface area (Å²) in [5, 5.41) is 9.05. The molecule has 0 fully saturated rings. The van der Waals surface area contributed by atoms with Gasteiger partial charge in [-0.05, 0) is 30.3 Å². The first-order chi connectivity index (χ1) is 10.6. The van der Waals surface area contributed by atoms with Gasteiger partial charge in [-0.1, -0.05) is 0 Å². The SMILES string of the molecule is COc1ccc(OC)c(-c2cn3ccc(C(=O)O)cc3n2)c1. The van der Waals surface area contributed by atoms with Crippen molar-refractivity contribution in [3.05, 3.63) is 48.3 Å². The van der Waals surface area contributed by atoms with Crippen molar-refractivity contribution in [2.24, 2.45) is 0 Å². The van der Waals surface area contributed by atoms with Crippen LogP contribution in [0.1, 0.15) is 10.4 Å². The molecule has 0 radical (unpaired) electrons. The molecular weight excluding hydrogens is 284 g/mol. The number of fused-ring (bicyclic) bond motifs is 1. The van der Waals surface area contributed by atoms with E-state index in [0.29, 0.717) is 22.8 Å². The summed E-state index contributed by atoms with van der Waals surface area (Å²) in [7, 11) is 3.18. The Kier molecular flexibility index (Phi) is 3.42. The van der Waals surface area contributed by atoms with Gasteiger partial charge in [-0.15, -0.1) is 0 Å². The normalized spacial score (nSPS) is 10.6. The van der Waals surface area contributed by atoms with Gasteiger partial charge in [0.05, 0.1) is 25.5 Å². The van der Waals surface area contributed by atoms with Crippen LogP contribution in [0.3, 0.4) is 0 Å². The van der Waals surface area contributed by atoms with Gasteiger partial charge in [-0.3, -0.25) is 0 Å². The molecule has 0 spiro atoms.